The van der Waals surface area contributed by atoms with E-state index >= 15 is 0 Å². The second-order valence-electron chi connectivity index (χ2n) is 9.54. The first-order chi connectivity index (χ1) is 17.5. The van der Waals surface area contributed by atoms with E-state index in [-0.39, 0.29) is 5.75 Å². The van der Waals surface area contributed by atoms with Crippen molar-refractivity contribution >= 4 is 18.8 Å². The van der Waals surface area contributed by atoms with Gasteiger partial charge in [-0.2, -0.15) is 0 Å². The minimum Gasteiger partial charge on any atom is -0.507 e. The van der Waals surface area contributed by atoms with Gasteiger partial charge < -0.3 is 14.8 Å². The lowest BCUT2D eigenvalue weighted by Crippen LogP contribution is -2.52. The van der Waals surface area contributed by atoms with Gasteiger partial charge in [-0.15, -0.1) is 0 Å². The quantitative estimate of drug-likeness (QED) is 0.530. The summed E-state index contributed by atoms with van der Waals surface area (Å²) in [4.78, 5) is 24.9. The molecule has 8 heteroatoms. The number of benzene rings is 1. The molecule has 7 nitrogen and oxygen atoms in total. The van der Waals surface area contributed by atoms with Gasteiger partial charge in [0.15, 0.2) is 0 Å². The third-order valence-corrected chi connectivity index (χ3v) is 7.15. The van der Waals surface area contributed by atoms with Crippen molar-refractivity contribution in [3.63, 3.8) is 0 Å². The van der Waals surface area contributed by atoms with Gasteiger partial charge in [0, 0.05) is 68.8 Å². The number of halogens is 1. The van der Waals surface area contributed by atoms with E-state index < -0.39 is 5.82 Å². The number of anilines is 1. The molecule has 1 aromatic carbocycles. The summed E-state index contributed by atoms with van der Waals surface area (Å²) in [6, 6.07) is 4.92. The predicted molar refractivity (Wildman–Crippen MR) is 143 cm³/mol. The third kappa shape index (κ3) is 7.58. The Kier molecular flexibility index (Phi) is 10.8. The van der Waals surface area contributed by atoms with Crippen molar-refractivity contribution in [1.29, 1.82) is 0 Å². The van der Waals surface area contributed by atoms with Gasteiger partial charge in [-0.1, -0.05) is 25.5 Å². The molecule has 1 aliphatic heterocycles. The second-order valence-corrected chi connectivity index (χ2v) is 9.54. The van der Waals surface area contributed by atoms with E-state index in [2.05, 4.69) is 28.5 Å². The summed E-state index contributed by atoms with van der Waals surface area (Å²) in [6.07, 6.45) is 12.0. The molecule has 1 aromatic heterocycles. The number of phenolic OH excluding ortho intramolecular Hbond substituents is 1. The first kappa shape index (κ1) is 27.7. The summed E-state index contributed by atoms with van der Waals surface area (Å²) in [5, 5.41) is 9.89. The van der Waals surface area contributed by atoms with Crippen LogP contribution in [0.15, 0.2) is 30.5 Å². The van der Waals surface area contributed by atoms with Crippen molar-refractivity contribution in [1.82, 2.24) is 19.8 Å². The molecule has 0 radical (unpaired) electrons. The van der Waals surface area contributed by atoms with Crippen LogP contribution in [0.2, 0.25) is 0 Å². The van der Waals surface area contributed by atoms with Crippen LogP contribution in [0.1, 0.15) is 49.4 Å². The average molecular weight is 498 g/mol. The molecule has 0 unspecified atom stereocenters. The van der Waals surface area contributed by atoms with Gasteiger partial charge in [0.1, 0.15) is 18.4 Å². The number of carbonyl (C=O) groups is 1. The number of hydrogen-bond acceptors (Lipinski definition) is 7. The number of phenols is 1. The second kappa shape index (κ2) is 14.0. The lowest BCUT2D eigenvalue weighted by molar-refractivity contribution is -0.0980. The predicted octanol–water partition coefficient (Wildman–Crippen LogP) is 4.09. The smallest absolute Gasteiger partial charge is 0.225 e. The monoisotopic (exact) mass is 497 g/mol. The zero-order valence-corrected chi connectivity index (χ0v) is 21.7. The van der Waals surface area contributed by atoms with Crippen LogP contribution in [0.4, 0.5) is 10.3 Å². The fourth-order valence-corrected chi connectivity index (χ4v) is 4.79. The molecule has 1 saturated heterocycles. The van der Waals surface area contributed by atoms with E-state index in [1.165, 1.54) is 30.9 Å². The van der Waals surface area contributed by atoms with Crippen molar-refractivity contribution in [3.8, 4) is 5.75 Å². The number of aromatic hydroxyl groups is 1. The molecule has 4 rings (SSSR count). The van der Waals surface area contributed by atoms with E-state index in [1.54, 1.807) is 6.07 Å². The Hall–Kier alpha value is -2.84. The van der Waals surface area contributed by atoms with E-state index in [1.807, 2.05) is 25.1 Å². The Morgan fingerprint density at radius 3 is 2.56 bits per heavy atom. The van der Waals surface area contributed by atoms with Gasteiger partial charge in [-0.3, -0.25) is 9.80 Å². The van der Waals surface area contributed by atoms with Gasteiger partial charge in [-0.25, -0.2) is 14.4 Å². The lowest BCUT2D eigenvalue weighted by Gasteiger charge is -2.42. The number of piperazine rings is 1. The zero-order valence-electron chi connectivity index (χ0n) is 21.7. The molecule has 0 bridgehead atoms. The highest BCUT2D eigenvalue weighted by molar-refractivity contribution is 5.56. The minimum atomic E-state index is -0.429. The van der Waals surface area contributed by atoms with Crippen LogP contribution in [-0.2, 0) is 11.2 Å². The number of aryl methyl sites for hydroxylation is 1. The van der Waals surface area contributed by atoms with Gasteiger partial charge in [0.2, 0.25) is 5.95 Å². The zero-order chi connectivity index (χ0) is 25.9. The number of rotatable bonds is 10. The van der Waals surface area contributed by atoms with Crippen molar-refractivity contribution in [2.24, 2.45) is 0 Å². The molecule has 196 valence electrons. The maximum Gasteiger partial charge on any atom is 0.225 e. The molecule has 1 saturated carbocycles. The number of carbonyl (C=O) groups excluding carboxylic acids is 1. The summed E-state index contributed by atoms with van der Waals surface area (Å²) in [6.45, 7) is 13.2. The lowest BCUT2D eigenvalue weighted by atomic mass is 9.91. The highest BCUT2D eigenvalue weighted by Gasteiger charge is 2.28. The molecule has 0 atom stereocenters. The Labute approximate surface area is 214 Å². The molecule has 2 fully saturated rings. The summed E-state index contributed by atoms with van der Waals surface area (Å²) < 4.78 is 13.2. The molecule has 36 heavy (non-hydrogen) atoms. The normalized spacial score (nSPS) is 16.7. The van der Waals surface area contributed by atoms with Crippen molar-refractivity contribution < 1.29 is 14.3 Å². The molecule has 2 aliphatic rings. The topological polar surface area (TPSA) is 72.8 Å². The van der Waals surface area contributed by atoms with Gasteiger partial charge in [-0.05, 0) is 56.8 Å². The van der Waals surface area contributed by atoms with Gasteiger partial charge in [0.05, 0.1) is 0 Å². The van der Waals surface area contributed by atoms with Crippen LogP contribution in [0.5, 0.6) is 5.75 Å². The molecular weight excluding hydrogens is 457 g/mol. The van der Waals surface area contributed by atoms with E-state index in [4.69, 9.17) is 14.8 Å². The van der Waals surface area contributed by atoms with E-state index in [0.717, 1.165) is 82.4 Å². The minimum absolute atomic E-state index is 0.0318. The largest absolute Gasteiger partial charge is 0.507 e. The van der Waals surface area contributed by atoms with E-state index in [9.17, 15) is 9.50 Å². The molecule has 0 spiro atoms. The first-order valence-electron chi connectivity index (χ1n) is 13.0. The Bertz CT molecular complexity index is 990. The number of nitrogens with zero attached hydrogens (tertiary/aromatic N) is 5. The summed E-state index contributed by atoms with van der Waals surface area (Å²) in [5.41, 5.74) is 2.89. The van der Waals surface area contributed by atoms with E-state index in [0.29, 0.717) is 5.56 Å². The molecule has 1 aliphatic carbocycles. The van der Waals surface area contributed by atoms with Crippen LogP contribution < -0.4 is 4.90 Å². The SMILES string of the molecule is C=O.CCCN(C/C=C/c1ccc(F)cc1O)CCc1cnc(N2CCN(C3CCC3)CC2)nc1C. The van der Waals surface area contributed by atoms with Crippen molar-refractivity contribution in [2.75, 3.05) is 50.7 Å². The summed E-state index contributed by atoms with van der Waals surface area (Å²) >= 11 is 0. The van der Waals surface area contributed by atoms with Crippen LogP contribution in [0.25, 0.3) is 6.08 Å². The summed E-state index contributed by atoms with van der Waals surface area (Å²) in [7, 11) is 0. The van der Waals surface area contributed by atoms with Crippen LogP contribution in [0, 0.1) is 12.7 Å². The Morgan fingerprint density at radius 1 is 1.19 bits per heavy atom. The maximum absolute atomic E-state index is 13.2. The summed E-state index contributed by atoms with van der Waals surface area (Å²) in [5.74, 6) is 0.402. The van der Waals surface area contributed by atoms with Crippen molar-refractivity contribution in [2.45, 2.75) is 52.0 Å². The van der Waals surface area contributed by atoms with Gasteiger partial charge in [0.25, 0.3) is 0 Å². The number of hydrogen-bond donors (Lipinski definition) is 1. The van der Waals surface area contributed by atoms with Gasteiger partial charge >= 0.3 is 0 Å². The van der Waals surface area contributed by atoms with Crippen molar-refractivity contribution in [3.05, 3.63) is 53.1 Å². The molecular formula is C28H40FN5O2. The number of aromatic nitrogens is 2. The molecule has 2 heterocycles. The first-order valence-corrected chi connectivity index (χ1v) is 13.0. The molecule has 1 N–H and O–H groups in total. The molecule has 0 amide bonds. The van der Waals surface area contributed by atoms with Crippen LogP contribution >= 0.6 is 0 Å². The highest BCUT2D eigenvalue weighted by atomic mass is 19.1. The maximum atomic E-state index is 13.2. The fraction of sp³-hybridized carbons (Fsp3) is 0.536. The fourth-order valence-electron chi connectivity index (χ4n) is 4.79. The average Bonchev–Trinajstić information content (AvgIpc) is 2.85. The van der Waals surface area contributed by atoms with Crippen LogP contribution in [0.3, 0.4) is 0 Å². The molecule has 2 aromatic rings. The Morgan fingerprint density at radius 2 is 1.94 bits per heavy atom. The third-order valence-electron chi connectivity index (χ3n) is 7.15. The standard InChI is InChI=1S/C27H38FN5O.CH2O/c1-3-12-31(13-5-6-22-9-10-24(28)19-26(22)34)14-11-23-20-29-27(30-21(23)2)33-17-15-32(16-18-33)25-7-4-8-25;1-2/h5-6,9-10,19-20,25,34H,3-4,7-8,11-18H2,1-2H3;1H2/b6-5+;. The Balaban J connectivity index is 0.00000176. The van der Waals surface area contributed by atoms with Crippen LogP contribution in [-0.4, -0.2) is 83.5 Å². The highest BCUT2D eigenvalue weighted by Crippen LogP contribution is 2.26.